The summed E-state index contributed by atoms with van der Waals surface area (Å²) in [5.41, 5.74) is 9.28. The van der Waals surface area contributed by atoms with Gasteiger partial charge in [0.2, 0.25) is 0 Å². The molecule has 208 valence electrons. The van der Waals surface area contributed by atoms with E-state index >= 15 is 0 Å². The molecule has 0 radical (unpaired) electrons. The normalized spacial score (nSPS) is 11.3. The SMILES string of the molecule is CC(C)c1cccc(C(C)C)c1-n1c(-c2cccc(-c3cccc(-c4[c-]cccc4)n3)c2O)nc2ccccc21.[Pt]. The van der Waals surface area contributed by atoms with Crippen molar-refractivity contribution < 1.29 is 26.2 Å². The Kier molecular flexibility index (Phi) is 8.24. The molecule has 2 heterocycles. The molecular weight excluding hydrogens is 685 g/mol. The van der Waals surface area contributed by atoms with Gasteiger partial charge in [-0.25, -0.2) is 4.98 Å². The largest absolute Gasteiger partial charge is 0.506 e. The Labute approximate surface area is 256 Å². The van der Waals surface area contributed by atoms with Crippen LogP contribution in [0.1, 0.15) is 50.7 Å². The number of fused-ring (bicyclic) bond motifs is 1. The molecular formula is C36H32N3OPt-. The Hall–Kier alpha value is -4.01. The number of aromatic nitrogens is 3. The van der Waals surface area contributed by atoms with Crippen LogP contribution in [0.2, 0.25) is 0 Å². The molecule has 0 aliphatic rings. The minimum absolute atomic E-state index is 0. The third-order valence-corrected chi connectivity index (χ3v) is 7.41. The van der Waals surface area contributed by atoms with Gasteiger partial charge < -0.3 is 5.11 Å². The van der Waals surface area contributed by atoms with E-state index < -0.39 is 0 Å². The first-order valence-electron chi connectivity index (χ1n) is 13.8. The molecule has 0 saturated heterocycles. The fraction of sp³-hybridized carbons (Fsp3) is 0.167. The number of imidazole rings is 1. The van der Waals surface area contributed by atoms with E-state index in [1.54, 1.807) is 0 Å². The van der Waals surface area contributed by atoms with Crippen molar-refractivity contribution in [2.75, 3.05) is 0 Å². The molecule has 5 heteroatoms. The van der Waals surface area contributed by atoms with Gasteiger partial charge in [0.05, 0.1) is 28.0 Å². The Balaban J connectivity index is 0.00000337. The predicted molar refractivity (Wildman–Crippen MR) is 164 cm³/mol. The molecule has 0 bridgehead atoms. The Bertz CT molecular complexity index is 1800. The quantitative estimate of drug-likeness (QED) is 0.175. The minimum Gasteiger partial charge on any atom is -0.506 e. The van der Waals surface area contributed by atoms with Crippen LogP contribution in [-0.4, -0.2) is 19.6 Å². The van der Waals surface area contributed by atoms with E-state index in [1.807, 2.05) is 78.9 Å². The number of para-hydroxylation sites is 4. The second-order valence-corrected chi connectivity index (χ2v) is 10.7. The summed E-state index contributed by atoms with van der Waals surface area (Å²) in [6, 6.07) is 37.5. The number of hydrogen-bond donors (Lipinski definition) is 1. The molecule has 41 heavy (non-hydrogen) atoms. The summed E-state index contributed by atoms with van der Waals surface area (Å²) in [5.74, 6) is 1.49. The van der Waals surface area contributed by atoms with Gasteiger partial charge in [-0.15, -0.1) is 35.9 Å². The van der Waals surface area contributed by atoms with Gasteiger partial charge in [0, 0.05) is 26.6 Å². The summed E-state index contributed by atoms with van der Waals surface area (Å²) < 4.78 is 2.24. The van der Waals surface area contributed by atoms with Crippen molar-refractivity contribution in [1.82, 2.24) is 14.5 Å². The van der Waals surface area contributed by atoms with Crippen molar-refractivity contribution in [2.24, 2.45) is 0 Å². The van der Waals surface area contributed by atoms with Crippen LogP contribution in [0.3, 0.4) is 0 Å². The maximum absolute atomic E-state index is 11.8. The Morgan fingerprint density at radius 3 is 2.00 bits per heavy atom. The first kappa shape index (κ1) is 28.5. The fourth-order valence-electron chi connectivity index (χ4n) is 5.42. The molecule has 0 aliphatic heterocycles. The minimum atomic E-state index is 0. The van der Waals surface area contributed by atoms with Crippen LogP contribution in [0.4, 0.5) is 0 Å². The van der Waals surface area contributed by atoms with Crippen molar-refractivity contribution in [3.8, 4) is 45.3 Å². The van der Waals surface area contributed by atoms with Crippen LogP contribution in [0, 0.1) is 6.07 Å². The number of nitrogens with zero attached hydrogens (tertiary/aromatic N) is 3. The molecule has 0 fully saturated rings. The van der Waals surface area contributed by atoms with Crippen LogP contribution < -0.4 is 0 Å². The second kappa shape index (κ2) is 11.8. The first-order valence-corrected chi connectivity index (χ1v) is 13.8. The Morgan fingerprint density at radius 2 is 1.29 bits per heavy atom. The maximum atomic E-state index is 11.8. The van der Waals surface area contributed by atoms with E-state index in [0.717, 1.165) is 28.0 Å². The third kappa shape index (κ3) is 5.25. The average Bonchev–Trinajstić information content (AvgIpc) is 3.36. The zero-order valence-electron chi connectivity index (χ0n) is 23.6. The van der Waals surface area contributed by atoms with E-state index in [1.165, 1.54) is 11.1 Å². The Morgan fingerprint density at radius 1 is 0.659 bits per heavy atom. The van der Waals surface area contributed by atoms with Gasteiger partial charge in [-0.3, -0.25) is 9.55 Å². The molecule has 6 aromatic rings. The van der Waals surface area contributed by atoms with E-state index in [9.17, 15) is 5.11 Å². The molecule has 0 unspecified atom stereocenters. The number of aromatic hydroxyl groups is 1. The summed E-state index contributed by atoms with van der Waals surface area (Å²) >= 11 is 0. The molecule has 0 atom stereocenters. The number of phenols is 1. The van der Waals surface area contributed by atoms with E-state index in [2.05, 4.69) is 62.6 Å². The summed E-state index contributed by atoms with van der Waals surface area (Å²) in [7, 11) is 0. The number of rotatable bonds is 6. The van der Waals surface area contributed by atoms with Crippen LogP contribution in [0.15, 0.2) is 103 Å². The maximum Gasteiger partial charge on any atom is 0.149 e. The molecule has 0 amide bonds. The molecule has 1 N–H and O–H groups in total. The molecule has 0 spiro atoms. The van der Waals surface area contributed by atoms with Crippen molar-refractivity contribution in [3.63, 3.8) is 0 Å². The van der Waals surface area contributed by atoms with E-state index in [0.29, 0.717) is 34.5 Å². The summed E-state index contributed by atoms with van der Waals surface area (Å²) in [6.45, 7) is 8.90. The third-order valence-electron chi connectivity index (χ3n) is 7.41. The smallest absolute Gasteiger partial charge is 0.149 e. The van der Waals surface area contributed by atoms with E-state index in [4.69, 9.17) is 9.97 Å². The summed E-state index contributed by atoms with van der Waals surface area (Å²) in [6.07, 6.45) is 0. The van der Waals surface area contributed by atoms with Crippen LogP contribution in [0.5, 0.6) is 5.75 Å². The van der Waals surface area contributed by atoms with Gasteiger partial charge in [0.1, 0.15) is 11.6 Å². The van der Waals surface area contributed by atoms with Crippen molar-refractivity contribution in [2.45, 2.75) is 39.5 Å². The van der Waals surface area contributed by atoms with Crippen LogP contribution in [-0.2, 0) is 21.1 Å². The van der Waals surface area contributed by atoms with E-state index in [-0.39, 0.29) is 26.8 Å². The van der Waals surface area contributed by atoms with Crippen molar-refractivity contribution >= 4 is 11.0 Å². The number of phenolic OH excluding ortho intramolecular Hbond substituents is 1. The van der Waals surface area contributed by atoms with Gasteiger partial charge in [-0.2, -0.15) is 0 Å². The van der Waals surface area contributed by atoms with Crippen LogP contribution in [0.25, 0.3) is 50.6 Å². The molecule has 4 nitrogen and oxygen atoms in total. The standard InChI is InChI=1S/C36H32N3O.Pt/c1-23(2)26-15-10-16-27(24(3)4)34(26)39-33-22-9-8-19-32(33)38-36(39)29-18-11-17-28(35(29)40)31-21-12-20-30(37-31)25-13-6-5-7-14-25;/h5-13,15-24,40H,1-4H3;/q-1;. The molecule has 0 aliphatic carbocycles. The van der Waals surface area contributed by atoms with Gasteiger partial charge in [0.25, 0.3) is 0 Å². The summed E-state index contributed by atoms with van der Waals surface area (Å²) in [5, 5.41) is 11.8. The van der Waals surface area contributed by atoms with Gasteiger partial charge in [0.15, 0.2) is 0 Å². The topological polar surface area (TPSA) is 50.9 Å². The average molecular weight is 718 g/mol. The van der Waals surface area contributed by atoms with Crippen molar-refractivity contribution in [1.29, 1.82) is 0 Å². The van der Waals surface area contributed by atoms with Crippen molar-refractivity contribution in [3.05, 3.63) is 120 Å². The second-order valence-electron chi connectivity index (χ2n) is 10.7. The molecule has 4 aromatic carbocycles. The monoisotopic (exact) mass is 717 g/mol. The number of hydrogen-bond acceptors (Lipinski definition) is 3. The fourth-order valence-corrected chi connectivity index (χ4v) is 5.42. The molecule has 2 aromatic heterocycles. The molecule has 6 rings (SSSR count). The van der Waals surface area contributed by atoms with Gasteiger partial charge in [-0.1, -0.05) is 76.2 Å². The van der Waals surface area contributed by atoms with Crippen LogP contribution >= 0.6 is 0 Å². The zero-order valence-corrected chi connectivity index (χ0v) is 25.8. The molecule has 0 saturated carbocycles. The van der Waals surface area contributed by atoms with Gasteiger partial charge in [-0.05, 0) is 59.0 Å². The summed E-state index contributed by atoms with van der Waals surface area (Å²) in [4.78, 5) is 9.99. The number of pyridine rings is 1. The zero-order chi connectivity index (χ0) is 27.8. The predicted octanol–water partition coefficient (Wildman–Crippen LogP) is 9.17. The first-order chi connectivity index (χ1) is 19.4. The number of benzene rings is 4. The van der Waals surface area contributed by atoms with Gasteiger partial charge >= 0.3 is 0 Å².